The van der Waals surface area contributed by atoms with E-state index < -0.39 is 7.12 Å². The Balaban J connectivity index is 0.000000184. The van der Waals surface area contributed by atoms with Gasteiger partial charge in [-0.15, -0.1) is 0 Å². The summed E-state index contributed by atoms with van der Waals surface area (Å²) in [6.07, 6.45) is 0. The first kappa shape index (κ1) is 57.8. The molecule has 0 saturated carbocycles. The van der Waals surface area contributed by atoms with Crippen LogP contribution in [0, 0.1) is 0 Å². The highest BCUT2D eigenvalue weighted by Gasteiger charge is 2.25. The van der Waals surface area contributed by atoms with Gasteiger partial charge in [-0.3, -0.25) is 0 Å². The van der Waals surface area contributed by atoms with Gasteiger partial charge in [0.05, 0.1) is 61.2 Å². The molecule has 2 N–H and O–H groups in total. The smallest absolute Gasteiger partial charge is 0.423 e. The lowest BCUT2D eigenvalue weighted by molar-refractivity contribution is 0.425. The fourth-order valence-corrected chi connectivity index (χ4v) is 13.9. The van der Waals surface area contributed by atoms with Crippen molar-refractivity contribution in [3.63, 3.8) is 0 Å². The molecule has 6 aromatic heterocycles. The minimum Gasteiger partial charge on any atom is -0.423 e. The lowest BCUT2D eigenvalue weighted by atomic mass is 9.79. The molecule has 18 rings (SSSR count). The van der Waals surface area contributed by atoms with Gasteiger partial charge in [0.15, 0.2) is 17.5 Å². The van der Waals surface area contributed by atoms with Crippen molar-refractivity contribution < 1.29 is 10.0 Å². The summed E-state index contributed by atoms with van der Waals surface area (Å²) >= 11 is 16.0. The maximum absolute atomic E-state index is 9.69. The first-order valence-corrected chi connectivity index (χ1v) is 31.6. The molecule has 18 aromatic rings. The highest BCUT2D eigenvalue weighted by Crippen LogP contribution is 2.41. The molecule has 0 aliphatic rings. The number of rotatable bonds is 8. The van der Waals surface area contributed by atoms with E-state index in [1.165, 1.54) is 32.3 Å². The SMILES string of the molecule is Clc1nc(Cl)nc(Cl)n1.OB(O)c1ccccc1-n1c2ccccc2c2ccccc21.c1ccc(-n2c3ccccc3c3ccccc32)c(-c2nc(-c3ccccc3-n3c4ccccc4c4ccccc43)nc(-c3ccccc3-n3c4ccccc4c4ccccc43)n2)c1. The molecular weight excluding hydrogens is 1230 g/mol. The van der Waals surface area contributed by atoms with Crippen LogP contribution in [-0.2, 0) is 0 Å². The third-order valence-electron chi connectivity index (χ3n) is 17.1. The summed E-state index contributed by atoms with van der Waals surface area (Å²) < 4.78 is 9.13. The molecule has 0 fully saturated rings. The summed E-state index contributed by atoms with van der Waals surface area (Å²) in [4.78, 5) is 26.9. The van der Waals surface area contributed by atoms with Crippen LogP contribution in [0.5, 0.6) is 0 Å². The van der Waals surface area contributed by atoms with Gasteiger partial charge in [0.1, 0.15) is 0 Å². The normalized spacial score (nSPS) is 11.5. The average molecular weight is 1280 g/mol. The largest absolute Gasteiger partial charge is 0.490 e. The molecule has 0 atom stereocenters. The van der Waals surface area contributed by atoms with E-state index in [-0.39, 0.29) is 15.9 Å². The molecule has 0 aliphatic carbocycles. The quantitative estimate of drug-likeness (QED) is 0.144. The summed E-state index contributed by atoms with van der Waals surface area (Å²) in [5.74, 6) is 1.75. The van der Waals surface area contributed by atoms with Crippen molar-refractivity contribution in [3.05, 3.63) is 307 Å². The maximum atomic E-state index is 9.69. The second-order valence-corrected chi connectivity index (χ2v) is 23.4. The molecule has 0 spiro atoms. The first-order valence-electron chi connectivity index (χ1n) is 30.4. The van der Waals surface area contributed by atoms with Crippen LogP contribution >= 0.6 is 34.8 Å². The number of hydrogen-bond acceptors (Lipinski definition) is 8. The number of nitrogens with zero attached hydrogens (tertiary/aromatic N) is 10. The molecule has 0 radical (unpaired) electrons. The second-order valence-electron chi connectivity index (χ2n) is 22.4. The zero-order valence-corrected chi connectivity index (χ0v) is 52.1. The molecule has 12 aromatic carbocycles. The van der Waals surface area contributed by atoms with Gasteiger partial charge in [-0.2, -0.15) is 15.0 Å². The van der Waals surface area contributed by atoms with Gasteiger partial charge in [0, 0.05) is 70.9 Å². The zero-order valence-electron chi connectivity index (χ0n) is 49.8. The fraction of sp³-hybridized carbons (Fsp3) is 0. The first-order chi connectivity index (χ1) is 46.3. The van der Waals surface area contributed by atoms with Crippen LogP contribution in [0.3, 0.4) is 0 Å². The molecule has 6 heterocycles. The topological polar surface area (TPSA) is 138 Å². The Morgan fingerprint density at radius 3 is 0.660 bits per heavy atom. The highest BCUT2D eigenvalue weighted by molar-refractivity contribution is 6.60. The molecule has 16 heteroatoms. The van der Waals surface area contributed by atoms with Crippen LogP contribution < -0.4 is 5.46 Å². The predicted octanol–water partition coefficient (Wildman–Crippen LogP) is 18.5. The van der Waals surface area contributed by atoms with E-state index in [9.17, 15) is 10.0 Å². The predicted molar refractivity (Wildman–Crippen MR) is 385 cm³/mol. The van der Waals surface area contributed by atoms with E-state index in [0.29, 0.717) is 22.9 Å². The Kier molecular flexibility index (Phi) is 15.0. The van der Waals surface area contributed by atoms with Crippen molar-refractivity contribution in [2.75, 3.05) is 0 Å². The second kappa shape index (κ2) is 24.4. The maximum Gasteiger partial charge on any atom is 0.490 e. The molecule has 0 aliphatic heterocycles. The van der Waals surface area contributed by atoms with Gasteiger partial charge < -0.3 is 28.3 Å². The summed E-state index contributed by atoms with van der Waals surface area (Å²) in [5.41, 5.74) is 15.8. The van der Waals surface area contributed by atoms with Gasteiger partial charge in [-0.25, -0.2) is 15.0 Å². The fourth-order valence-electron chi connectivity index (χ4n) is 13.3. The highest BCUT2D eigenvalue weighted by atomic mass is 35.5. The molecule has 12 nitrogen and oxygen atoms in total. The van der Waals surface area contributed by atoms with Crippen LogP contribution in [0.1, 0.15) is 0 Å². The van der Waals surface area contributed by atoms with Crippen molar-refractivity contribution >= 4 is 135 Å². The summed E-state index contributed by atoms with van der Waals surface area (Å²) in [6, 6.07) is 101. The molecule has 94 heavy (non-hydrogen) atoms. The Bertz CT molecular complexity index is 5280. The monoisotopic (exact) mass is 1270 g/mol. The molecule has 0 saturated heterocycles. The lowest BCUT2D eigenvalue weighted by Crippen LogP contribution is -2.33. The standard InChI is InChI=1S/C57H36N6.C18H14BNO2.C3Cl3N3/c1-10-28-46-37(19-1)38-20-2-11-29-47(38)61(46)52-34-16-7-25-43(52)55-58-56(44-26-8-17-35-53(44)62-48-30-12-3-21-39(48)40-22-4-13-31-49(40)62)60-57(59-55)45-27-9-18-36-54(45)63-50-32-14-5-23-41(50)42-24-6-15-33-51(42)63;21-19(22)15-9-3-6-12-18(15)20-16-10-4-1-7-13(16)14-8-2-5-11-17(14)20;4-1-7-2(5)9-3(6)8-1/h1-36H;1-12,21-22H;. The Hall–Kier alpha value is -11.3. The minimum absolute atomic E-state index is 0.000000000000000444. The Labute approximate surface area is 553 Å². The molecule has 448 valence electrons. The van der Waals surface area contributed by atoms with Gasteiger partial charge in [-0.1, -0.05) is 200 Å². The van der Waals surface area contributed by atoms with Crippen LogP contribution in [-0.4, -0.2) is 65.3 Å². The van der Waals surface area contributed by atoms with E-state index in [4.69, 9.17) is 49.8 Å². The molecule has 0 bridgehead atoms. The summed E-state index contributed by atoms with van der Waals surface area (Å²) in [7, 11) is -1.50. The van der Waals surface area contributed by atoms with Crippen molar-refractivity contribution in [1.29, 1.82) is 0 Å². The third kappa shape index (κ3) is 10.2. The Morgan fingerprint density at radius 1 is 0.223 bits per heavy atom. The number of para-hydroxylation sites is 12. The van der Waals surface area contributed by atoms with Crippen molar-refractivity contribution in [2.24, 2.45) is 0 Å². The van der Waals surface area contributed by atoms with E-state index in [1.54, 1.807) is 6.07 Å². The average Bonchev–Trinajstić information content (AvgIpc) is 1.32. The number of benzene rings is 12. The molecule has 0 amide bonds. The minimum atomic E-state index is -1.50. The van der Waals surface area contributed by atoms with Crippen LogP contribution in [0.4, 0.5) is 0 Å². The van der Waals surface area contributed by atoms with Crippen molar-refractivity contribution in [2.45, 2.75) is 0 Å². The number of hydrogen-bond donors (Lipinski definition) is 2. The molecule has 0 unspecified atom stereocenters. The number of halogens is 3. The van der Waals surface area contributed by atoms with E-state index >= 15 is 0 Å². The lowest BCUT2D eigenvalue weighted by Gasteiger charge is -2.17. The van der Waals surface area contributed by atoms with E-state index in [1.807, 2.05) is 42.5 Å². The van der Waals surface area contributed by atoms with Gasteiger partial charge in [0.25, 0.3) is 0 Å². The summed E-state index contributed by atoms with van der Waals surface area (Å²) in [6.45, 7) is 0. The number of fused-ring (bicyclic) bond motifs is 12. The zero-order chi connectivity index (χ0) is 63.4. The number of aromatic nitrogens is 10. The van der Waals surface area contributed by atoms with Crippen LogP contribution in [0.25, 0.3) is 144 Å². The van der Waals surface area contributed by atoms with Gasteiger partial charge >= 0.3 is 7.12 Å². The van der Waals surface area contributed by atoms with Gasteiger partial charge in [0.2, 0.25) is 15.9 Å². The van der Waals surface area contributed by atoms with Gasteiger partial charge in [-0.05, 0) is 126 Å². The van der Waals surface area contributed by atoms with Crippen molar-refractivity contribution in [3.8, 4) is 56.9 Å². The van der Waals surface area contributed by atoms with Crippen LogP contribution in [0.2, 0.25) is 15.9 Å². The third-order valence-corrected chi connectivity index (χ3v) is 17.6. The molecular formula is C78H50BCl3N10O2. The van der Waals surface area contributed by atoms with Crippen molar-refractivity contribution in [1.82, 2.24) is 48.2 Å². The van der Waals surface area contributed by atoms with Crippen LogP contribution in [0.15, 0.2) is 291 Å². The Morgan fingerprint density at radius 2 is 0.415 bits per heavy atom. The van der Waals surface area contributed by atoms with E-state index in [2.05, 4.69) is 276 Å². The summed E-state index contributed by atoms with van der Waals surface area (Å²) in [5, 5.41) is 28.9. The van der Waals surface area contributed by atoms with E-state index in [0.717, 1.165) is 94.3 Å².